The third kappa shape index (κ3) is 7.00. The van der Waals surface area contributed by atoms with Crippen LogP contribution in [0.15, 0.2) is 78.9 Å². The number of nitrogens with zero attached hydrogens (tertiary/aromatic N) is 1. The summed E-state index contributed by atoms with van der Waals surface area (Å²) in [6.07, 6.45) is 0.306. The molecule has 0 aliphatic heterocycles. The van der Waals surface area contributed by atoms with Gasteiger partial charge in [-0.15, -0.1) is 0 Å². The highest BCUT2D eigenvalue weighted by Crippen LogP contribution is 2.44. The van der Waals surface area contributed by atoms with Crippen LogP contribution in [0.2, 0.25) is 0 Å². The van der Waals surface area contributed by atoms with E-state index < -0.39 is 12.1 Å². The highest BCUT2D eigenvalue weighted by Gasteiger charge is 2.29. The van der Waals surface area contributed by atoms with E-state index in [0.29, 0.717) is 19.5 Å². The minimum absolute atomic E-state index is 0.00564. The fourth-order valence-electron chi connectivity index (χ4n) is 4.93. The van der Waals surface area contributed by atoms with Crippen molar-refractivity contribution in [1.29, 1.82) is 0 Å². The SMILES string of the molecule is CC(CCNC(=O)OCC1c2ccccc2-c2ccccc21)CC(=O)N(CCC(=O)O)Cc1ccccc1. The number of aliphatic carboxylic acids is 1. The summed E-state index contributed by atoms with van der Waals surface area (Å²) in [7, 11) is 0. The predicted molar refractivity (Wildman–Crippen MR) is 146 cm³/mol. The third-order valence-corrected chi connectivity index (χ3v) is 6.94. The lowest BCUT2D eigenvalue weighted by atomic mass is 9.98. The molecule has 4 rings (SSSR count). The van der Waals surface area contributed by atoms with E-state index in [1.807, 2.05) is 61.5 Å². The second-order valence-electron chi connectivity index (χ2n) is 9.79. The molecule has 1 aliphatic rings. The van der Waals surface area contributed by atoms with Crippen molar-refractivity contribution >= 4 is 18.0 Å². The Morgan fingerprint density at radius 3 is 2.16 bits per heavy atom. The zero-order valence-electron chi connectivity index (χ0n) is 21.6. The number of carboxylic acids is 1. The number of hydrogen-bond donors (Lipinski definition) is 2. The van der Waals surface area contributed by atoms with Crippen molar-refractivity contribution in [3.05, 3.63) is 95.6 Å². The standard InChI is InChI=1S/C31H34N2O5/c1-22(19-29(34)33(18-16-30(35)36)20-23-9-3-2-4-10-23)15-17-32-31(37)38-21-28-26-13-7-5-11-24(26)25-12-6-8-14-27(25)28/h2-14,22,28H,15-21H2,1H3,(H,32,37)(H,35,36). The summed E-state index contributed by atoms with van der Waals surface area (Å²) in [5, 5.41) is 11.9. The summed E-state index contributed by atoms with van der Waals surface area (Å²) in [5.74, 6) is -1.01. The van der Waals surface area contributed by atoms with E-state index in [-0.39, 0.29) is 43.7 Å². The van der Waals surface area contributed by atoms with E-state index in [2.05, 4.69) is 29.6 Å². The first kappa shape index (κ1) is 26.9. The lowest BCUT2D eigenvalue weighted by Crippen LogP contribution is -2.34. The van der Waals surface area contributed by atoms with Gasteiger partial charge in [0.05, 0.1) is 6.42 Å². The molecule has 7 nitrogen and oxygen atoms in total. The predicted octanol–water partition coefficient (Wildman–Crippen LogP) is 5.44. The van der Waals surface area contributed by atoms with Gasteiger partial charge in [0.15, 0.2) is 0 Å². The number of benzene rings is 3. The van der Waals surface area contributed by atoms with E-state index in [1.54, 1.807) is 4.90 Å². The van der Waals surface area contributed by atoms with Crippen molar-refractivity contribution in [1.82, 2.24) is 10.2 Å². The van der Waals surface area contributed by atoms with Crippen LogP contribution in [0.4, 0.5) is 4.79 Å². The van der Waals surface area contributed by atoms with Crippen LogP contribution < -0.4 is 5.32 Å². The van der Waals surface area contributed by atoms with Crippen molar-refractivity contribution in [2.24, 2.45) is 5.92 Å². The number of carbonyl (C=O) groups is 3. The van der Waals surface area contributed by atoms with Crippen molar-refractivity contribution in [2.75, 3.05) is 19.7 Å². The van der Waals surface area contributed by atoms with Crippen LogP contribution in [0, 0.1) is 5.92 Å². The largest absolute Gasteiger partial charge is 0.481 e. The Balaban J connectivity index is 1.23. The van der Waals surface area contributed by atoms with Gasteiger partial charge in [0.1, 0.15) is 6.61 Å². The Morgan fingerprint density at radius 1 is 0.921 bits per heavy atom. The smallest absolute Gasteiger partial charge is 0.407 e. The first-order valence-corrected chi connectivity index (χ1v) is 13.0. The molecule has 2 amide bonds. The van der Waals surface area contributed by atoms with Crippen molar-refractivity contribution < 1.29 is 24.2 Å². The maximum Gasteiger partial charge on any atom is 0.407 e. The fraction of sp³-hybridized carbons (Fsp3) is 0.323. The third-order valence-electron chi connectivity index (χ3n) is 6.94. The quantitative estimate of drug-likeness (QED) is 0.335. The Labute approximate surface area is 223 Å². The van der Waals surface area contributed by atoms with Crippen LogP contribution in [0.25, 0.3) is 11.1 Å². The highest BCUT2D eigenvalue weighted by molar-refractivity contribution is 5.79. The number of amides is 2. The molecule has 1 aliphatic carbocycles. The molecule has 1 unspecified atom stereocenters. The molecule has 0 saturated heterocycles. The topological polar surface area (TPSA) is 95.9 Å². The Kier molecular flexibility index (Phi) is 9.14. The summed E-state index contributed by atoms with van der Waals surface area (Å²) >= 11 is 0. The Morgan fingerprint density at radius 2 is 1.53 bits per heavy atom. The van der Waals surface area contributed by atoms with E-state index in [0.717, 1.165) is 16.7 Å². The average molecular weight is 515 g/mol. The molecule has 0 heterocycles. The van der Waals surface area contributed by atoms with Crippen LogP contribution >= 0.6 is 0 Å². The van der Waals surface area contributed by atoms with E-state index >= 15 is 0 Å². The van der Waals surface area contributed by atoms with Crippen molar-refractivity contribution in [2.45, 2.75) is 38.6 Å². The Hall–Kier alpha value is -4.13. The molecule has 1 atom stereocenters. The lowest BCUT2D eigenvalue weighted by molar-refractivity contribution is -0.139. The average Bonchev–Trinajstić information content (AvgIpc) is 3.24. The lowest BCUT2D eigenvalue weighted by Gasteiger charge is -2.24. The molecule has 3 aromatic rings. The number of carbonyl (C=O) groups excluding carboxylic acids is 2. The van der Waals surface area contributed by atoms with Gasteiger partial charge in [-0.2, -0.15) is 0 Å². The van der Waals surface area contributed by atoms with Gasteiger partial charge in [-0.3, -0.25) is 9.59 Å². The summed E-state index contributed by atoms with van der Waals surface area (Å²) in [4.78, 5) is 38.0. The van der Waals surface area contributed by atoms with Gasteiger partial charge >= 0.3 is 12.1 Å². The Bertz CT molecular complexity index is 1210. The molecule has 0 fully saturated rings. The fourth-order valence-corrected chi connectivity index (χ4v) is 4.93. The molecule has 0 radical (unpaired) electrons. The minimum atomic E-state index is -0.934. The first-order valence-electron chi connectivity index (χ1n) is 13.0. The van der Waals surface area contributed by atoms with E-state index in [9.17, 15) is 14.4 Å². The number of nitrogens with one attached hydrogen (secondary N) is 1. The number of fused-ring (bicyclic) bond motifs is 3. The molecular weight excluding hydrogens is 480 g/mol. The number of ether oxygens (including phenoxy) is 1. The molecule has 38 heavy (non-hydrogen) atoms. The zero-order valence-corrected chi connectivity index (χ0v) is 21.6. The van der Waals surface area contributed by atoms with Crippen LogP contribution in [-0.4, -0.2) is 47.7 Å². The molecule has 7 heteroatoms. The number of rotatable bonds is 12. The number of carboxylic acid groups (broad SMARTS) is 1. The molecule has 0 aromatic heterocycles. The summed E-state index contributed by atoms with van der Waals surface area (Å²) < 4.78 is 5.58. The molecule has 2 N–H and O–H groups in total. The minimum Gasteiger partial charge on any atom is -0.481 e. The summed E-state index contributed by atoms with van der Waals surface area (Å²) in [6, 6.07) is 25.9. The van der Waals surface area contributed by atoms with Crippen molar-refractivity contribution in [3.8, 4) is 11.1 Å². The van der Waals surface area contributed by atoms with E-state index in [1.165, 1.54) is 11.1 Å². The van der Waals surface area contributed by atoms with Gasteiger partial charge in [-0.1, -0.05) is 85.8 Å². The van der Waals surface area contributed by atoms with Gasteiger partial charge in [-0.05, 0) is 40.2 Å². The van der Waals surface area contributed by atoms with Gasteiger partial charge in [-0.25, -0.2) is 4.79 Å². The number of hydrogen-bond acceptors (Lipinski definition) is 4. The molecule has 3 aromatic carbocycles. The second kappa shape index (κ2) is 12.9. The maximum atomic E-state index is 12.9. The first-order chi connectivity index (χ1) is 18.4. The van der Waals surface area contributed by atoms with Gasteiger partial charge in [0.25, 0.3) is 0 Å². The van der Waals surface area contributed by atoms with E-state index in [4.69, 9.17) is 9.84 Å². The number of alkyl carbamates (subject to hydrolysis) is 1. The van der Waals surface area contributed by atoms with Gasteiger partial charge < -0.3 is 20.1 Å². The highest BCUT2D eigenvalue weighted by atomic mass is 16.5. The molecule has 0 saturated carbocycles. The molecule has 0 spiro atoms. The summed E-state index contributed by atoms with van der Waals surface area (Å²) in [6.45, 7) is 3.13. The van der Waals surface area contributed by atoms with Crippen LogP contribution in [0.3, 0.4) is 0 Å². The molecule has 198 valence electrons. The zero-order chi connectivity index (χ0) is 26.9. The van der Waals surface area contributed by atoms with Gasteiger partial charge in [0, 0.05) is 32.0 Å². The molecular formula is C31H34N2O5. The monoisotopic (exact) mass is 514 g/mol. The van der Waals surface area contributed by atoms with Crippen molar-refractivity contribution in [3.63, 3.8) is 0 Å². The summed E-state index contributed by atoms with van der Waals surface area (Å²) in [5.41, 5.74) is 5.64. The maximum absolute atomic E-state index is 12.9. The molecule has 0 bridgehead atoms. The van der Waals surface area contributed by atoms with Crippen LogP contribution in [-0.2, 0) is 20.9 Å². The second-order valence-corrected chi connectivity index (χ2v) is 9.79. The van der Waals surface area contributed by atoms with Gasteiger partial charge in [0.2, 0.25) is 5.91 Å². The van der Waals surface area contributed by atoms with Crippen LogP contribution in [0.5, 0.6) is 0 Å². The normalized spacial score (nSPS) is 12.8. The van der Waals surface area contributed by atoms with Crippen LogP contribution in [0.1, 0.15) is 48.8 Å².